The Bertz CT molecular complexity index is 2140. The SMILES string of the molecule is CC(O)C1C(=O)N2C(C(=O)O)=C(CN3c4cccc5cc(CCC67CCC(CC(=O)Nc8ccc(CCN)cc8)(CC6)CC7)cc(c45)S3(=O)=O)C(C)C12. The van der Waals surface area contributed by atoms with Crippen molar-refractivity contribution in [2.24, 2.45) is 28.4 Å². The molecule has 6 aliphatic rings. The molecule has 2 amide bonds. The number of β-lactam (4-membered cyclic amide) rings is 1. The molecule has 3 aliphatic heterocycles. The highest BCUT2D eigenvalue weighted by atomic mass is 32.2. The lowest BCUT2D eigenvalue weighted by atomic mass is 9.51. The maximum atomic E-state index is 14.3. The van der Waals surface area contributed by atoms with E-state index in [2.05, 4.69) is 11.4 Å². The summed E-state index contributed by atoms with van der Waals surface area (Å²) in [6, 6.07) is 16.8. The fourth-order valence-corrected chi connectivity index (χ4v) is 12.0. The first kappa shape index (κ1) is 35.8. The summed E-state index contributed by atoms with van der Waals surface area (Å²) < 4.78 is 29.9. The number of sulfonamides is 1. The molecule has 0 spiro atoms. The fraction of sp³-hybridized carbons (Fsp3) is 0.488. The van der Waals surface area contributed by atoms with Gasteiger partial charge in [-0.15, -0.1) is 0 Å². The first-order chi connectivity index (χ1) is 25.3. The summed E-state index contributed by atoms with van der Waals surface area (Å²) in [6.45, 7) is 3.73. The molecule has 4 unspecified atom stereocenters. The molecule has 3 aromatic carbocycles. The van der Waals surface area contributed by atoms with E-state index in [4.69, 9.17) is 5.73 Å². The molecule has 11 nitrogen and oxygen atoms in total. The molecule has 5 N–H and O–H groups in total. The lowest BCUT2D eigenvalue weighted by Gasteiger charge is -2.53. The molecule has 2 bridgehead atoms. The Balaban J connectivity index is 0.956. The van der Waals surface area contributed by atoms with Crippen molar-refractivity contribution in [2.45, 2.75) is 95.1 Å². The number of amides is 2. The lowest BCUT2D eigenvalue weighted by Crippen LogP contribution is -2.63. The van der Waals surface area contributed by atoms with Crippen molar-refractivity contribution in [3.63, 3.8) is 0 Å². The zero-order valence-corrected chi connectivity index (χ0v) is 31.1. The Morgan fingerprint density at radius 2 is 1.66 bits per heavy atom. The number of aryl methyl sites for hydroxylation is 1. The van der Waals surface area contributed by atoms with E-state index in [1.165, 1.54) is 16.1 Å². The number of rotatable bonds is 12. The van der Waals surface area contributed by atoms with Crippen molar-refractivity contribution < 1.29 is 33.0 Å². The molecule has 3 aromatic rings. The van der Waals surface area contributed by atoms with Gasteiger partial charge in [-0.1, -0.05) is 37.3 Å². The fourth-order valence-electron chi connectivity index (χ4n) is 10.3. The van der Waals surface area contributed by atoms with Gasteiger partial charge in [0.05, 0.1) is 35.2 Å². The third kappa shape index (κ3) is 5.84. The number of anilines is 2. The molecule has 4 atom stereocenters. The van der Waals surface area contributed by atoms with E-state index in [0.717, 1.165) is 80.0 Å². The topological polar surface area (TPSA) is 170 Å². The first-order valence-corrected chi connectivity index (χ1v) is 20.4. The highest BCUT2D eigenvalue weighted by Crippen LogP contribution is 2.60. The number of carboxylic acid groups (broad SMARTS) is 1. The Hall–Kier alpha value is -4.26. The first-order valence-electron chi connectivity index (χ1n) is 18.9. The van der Waals surface area contributed by atoms with Crippen molar-refractivity contribution in [1.82, 2.24) is 4.90 Å². The summed E-state index contributed by atoms with van der Waals surface area (Å²) in [5.41, 5.74) is 9.47. The number of carbonyl (C=O) groups excluding carboxylic acids is 2. The third-order valence-electron chi connectivity index (χ3n) is 13.4. The highest BCUT2D eigenvalue weighted by Gasteiger charge is 2.60. The predicted molar refractivity (Wildman–Crippen MR) is 201 cm³/mol. The number of carbonyl (C=O) groups is 3. The second kappa shape index (κ2) is 13.0. The van der Waals surface area contributed by atoms with Gasteiger partial charge >= 0.3 is 5.97 Å². The van der Waals surface area contributed by atoms with Gasteiger partial charge in [-0.25, -0.2) is 13.2 Å². The van der Waals surface area contributed by atoms with Crippen molar-refractivity contribution in [2.75, 3.05) is 22.7 Å². The number of aliphatic carboxylic acids is 1. The summed E-state index contributed by atoms with van der Waals surface area (Å²) in [5.74, 6) is -2.83. The standard InChI is InChI=1S/C41H48N4O7S/c1-24-30(37(39(49)50)45-36(24)34(25(2)46)38(45)48)23-44-31-5-3-4-28-20-27(21-32(35(28)31)53(44,51)52)10-12-40-13-16-41(17-14-40,18-15-40)22-33(47)43-29-8-6-26(7-9-29)11-19-42/h3-9,20-21,24-25,34,36,46H,10-19,22-23,42H2,1-2H3,(H,43,47)(H,49,50). The average molecular weight is 741 g/mol. The van der Waals surface area contributed by atoms with Gasteiger partial charge in [0.15, 0.2) is 0 Å². The van der Waals surface area contributed by atoms with Crippen LogP contribution in [0.5, 0.6) is 0 Å². The number of carboxylic acids is 1. The Morgan fingerprint density at radius 1 is 0.981 bits per heavy atom. The van der Waals surface area contributed by atoms with Gasteiger partial charge in [-0.2, -0.15) is 0 Å². The Morgan fingerprint density at radius 3 is 2.30 bits per heavy atom. The van der Waals surface area contributed by atoms with Crippen LogP contribution in [0.25, 0.3) is 10.8 Å². The van der Waals surface area contributed by atoms with E-state index in [0.29, 0.717) is 29.6 Å². The predicted octanol–water partition coefficient (Wildman–Crippen LogP) is 5.35. The minimum Gasteiger partial charge on any atom is -0.477 e. The van der Waals surface area contributed by atoms with E-state index >= 15 is 0 Å². The van der Waals surface area contributed by atoms with Crippen LogP contribution >= 0.6 is 0 Å². The van der Waals surface area contributed by atoms with Gasteiger partial charge in [-0.05, 0) is 128 Å². The zero-order chi connectivity index (χ0) is 37.4. The van der Waals surface area contributed by atoms with Crippen molar-refractivity contribution in [3.8, 4) is 0 Å². The van der Waals surface area contributed by atoms with Crippen LogP contribution in [-0.4, -0.2) is 66.5 Å². The zero-order valence-electron chi connectivity index (χ0n) is 30.3. The molecular formula is C41H48N4O7S. The molecule has 3 saturated carbocycles. The molecular weight excluding hydrogens is 693 g/mol. The van der Waals surface area contributed by atoms with Crippen LogP contribution in [0, 0.1) is 22.7 Å². The summed E-state index contributed by atoms with van der Waals surface area (Å²) in [6.07, 6.45) is 8.28. The van der Waals surface area contributed by atoms with Crippen LogP contribution in [0.3, 0.4) is 0 Å². The van der Waals surface area contributed by atoms with Gasteiger partial charge in [0.1, 0.15) is 5.70 Å². The molecule has 0 aromatic heterocycles. The van der Waals surface area contributed by atoms with Gasteiger partial charge in [0.2, 0.25) is 11.8 Å². The van der Waals surface area contributed by atoms with E-state index in [-0.39, 0.29) is 33.9 Å². The third-order valence-corrected chi connectivity index (χ3v) is 15.1. The number of aliphatic hydroxyl groups excluding tert-OH is 1. The van der Waals surface area contributed by atoms with Gasteiger partial charge in [0.25, 0.3) is 10.0 Å². The van der Waals surface area contributed by atoms with Crippen molar-refractivity contribution in [3.05, 3.63) is 77.0 Å². The van der Waals surface area contributed by atoms with Crippen LogP contribution in [0.4, 0.5) is 11.4 Å². The molecule has 280 valence electrons. The summed E-state index contributed by atoms with van der Waals surface area (Å²) in [4.78, 5) is 40.0. The number of fused-ring (bicyclic) bond motifs is 4. The number of nitrogens with two attached hydrogens (primary N) is 1. The van der Waals surface area contributed by atoms with Crippen LogP contribution in [0.2, 0.25) is 0 Å². The lowest BCUT2D eigenvalue weighted by molar-refractivity contribution is -0.163. The minimum atomic E-state index is -4.03. The van der Waals surface area contributed by atoms with Crippen LogP contribution in [0.15, 0.2) is 70.8 Å². The molecule has 9 rings (SSSR count). The molecule has 3 aliphatic carbocycles. The van der Waals surface area contributed by atoms with E-state index in [1.807, 2.05) is 36.4 Å². The van der Waals surface area contributed by atoms with Crippen LogP contribution < -0.4 is 15.4 Å². The Kier molecular flexibility index (Phi) is 8.74. The highest BCUT2D eigenvalue weighted by molar-refractivity contribution is 7.93. The molecule has 4 fully saturated rings. The number of benzene rings is 3. The number of hydrogen-bond acceptors (Lipinski definition) is 7. The van der Waals surface area contributed by atoms with Gasteiger partial charge < -0.3 is 26.2 Å². The maximum Gasteiger partial charge on any atom is 0.352 e. The van der Waals surface area contributed by atoms with E-state index in [9.17, 15) is 33.0 Å². The molecule has 53 heavy (non-hydrogen) atoms. The number of nitrogens with zero attached hydrogens (tertiary/aromatic N) is 2. The van der Waals surface area contributed by atoms with Crippen molar-refractivity contribution >= 4 is 50.0 Å². The summed E-state index contributed by atoms with van der Waals surface area (Å²) in [5, 5.41) is 25.0. The molecule has 3 heterocycles. The second-order valence-corrected chi connectivity index (χ2v) is 18.2. The molecule has 1 saturated heterocycles. The normalized spacial score (nSPS) is 28.7. The van der Waals surface area contributed by atoms with Gasteiger partial charge in [0, 0.05) is 23.4 Å². The number of nitrogens with one attached hydrogen (secondary N) is 1. The molecule has 0 radical (unpaired) electrons. The summed E-state index contributed by atoms with van der Waals surface area (Å²) >= 11 is 0. The quantitative estimate of drug-likeness (QED) is 0.180. The van der Waals surface area contributed by atoms with Crippen LogP contribution in [-0.2, 0) is 37.2 Å². The van der Waals surface area contributed by atoms with E-state index < -0.39 is 45.9 Å². The largest absolute Gasteiger partial charge is 0.477 e. The van der Waals surface area contributed by atoms with Crippen LogP contribution in [0.1, 0.15) is 76.3 Å². The smallest absolute Gasteiger partial charge is 0.352 e. The average Bonchev–Trinajstić information content (AvgIpc) is 3.50. The monoisotopic (exact) mass is 740 g/mol. The van der Waals surface area contributed by atoms with E-state index in [1.54, 1.807) is 19.1 Å². The molecule has 12 heteroatoms. The van der Waals surface area contributed by atoms with Crippen molar-refractivity contribution in [1.29, 1.82) is 0 Å². The summed E-state index contributed by atoms with van der Waals surface area (Å²) in [7, 11) is -4.03. The number of aliphatic hydroxyl groups is 1. The van der Waals surface area contributed by atoms with Gasteiger partial charge in [-0.3, -0.25) is 13.9 Å². The maximum absolute atomic E-state index is 14.3. The Labute approximate surface area is 310 Å². The second-order valence-electron chi connectivity index (χ2n) is 16.4. The number of hydrogen-bond donors (Lipinski definition) is 4. The minimum absolute atomic E-state index is 0.0297.